The molecule has 0 heterocycles. The maximum absolute atomic E-state index is 11.9. The molecule has 1 unspecified atom stereocenters. The van der Waals surface area contributed by atoms with Crippen LogP contribution in [0.1, 0.15) is 47.5 Å². The first kappa shape index (κ1) is 14.8. The molecule has 2 nitrogen and oxygen atoms in total. The van der Waals surface area contributed by atoms with Crippen molar-refractivity contribution in [2.75, 3.05) is 5.88 Å². The van der Waals surface area contributed by atoms with Crippen LogP contribution >= 0.6 is 11.6 Å². The van der Waals surface area contributed by atoms with Crippen molar-refractivity contribution < 1.29 is 4.79 Å². The van der Waals surface area contributed by atoms with E-state index < -0.39 is 0 Å². The summed E-state index contributed by atoms with van der Waals surface area (Å²) in [5, 5.41) is 3.02. The van der Waals surface area contributed by atoms with E-state index in [1.54, 1.807) is 0 Å². The SMILES string of the molecule is CCC(C)(C)C(=O)NC(CCl)CC(C)C. The van der Waals surface area contributed by atoms with E-state index in [-0.39, 0.29) is 17.4 Å². The van der Waals surface area contributed by atoms with E-state index in [0.717, 1.165) is 12.8 Å². The zero-order chi connectivity index (χ0) is 12.1. The van der Waals surface area contributed by atoms with Crippen molar-refractivity contribution in [3.05, 3.63) is 0 Å². The molecule has 0 fully saturated rings. The van der Waals surface area contributed by atoms with Crippen molar-refractivity contribution in [3.63, 3.8) is 0 Å². The predicted molar refractivity (Wildman–Crippen MR) is 66.2 cm³/mol. The Kier molecular flexibility index (Phi) is 6.26. The van der Waals surface area contributed by atoms with Gasteiger partial charge in [0.05, 0.1) is 0 Å². The normalized spacial score (nSPS) is 14.1. The average Bonchev–Trinajstić information content (AvgIpc) is 2.15. The molecule has 0 aromatic heterocycles. The van der Waals surface area contributed by atoms with Crippen LogP contribution in [-0.4, -0.2) is 17.8 Å². The van der Waals surface area contributed by atoms with Crippen LogP contribution in [0, 0.1) is 11.3 Å². The van der Waals surface area contributed by atoms with Crippen LogP contribution < -0.4 is 5.32 Å². The Hall–Kier alpha value is -0.240. The summed E-state index contributed by atoms with van der Waals surface area (Å²) in [6.45, 7) is 10.2. The predicted octanol–water partition coefficient (Wildman–Crippen LogP) is 3.19. The van der Waals surface area contributed by atoms with Gasteiger partial charge in [-0.05, 0) is 18.8 Å². The van der Waals surface area contributed by atoms with Crippen molar-refractivity contribution in [2.45, 2.75) is 53.5 Å². The maximum atomic E-state index is 11.9. The molecule has 0 spiro atoms. The number of carbonyl (C=O) groups excluding carboxylic acids is 1. The molecule has 0 aromatic carbocycles. The number of carbonyl (C=O) groups is 1. The fraction of sp³-hybridized carbons (Fsp3) is 0.917. The number of rotatable bonds is 6. The van der Waals surface area contributed by atoms with Crippen molar-refractivity contribution in [1.29, 1.82) is 0 Å². The van der Waals surface area contributed by atoms with Crippen molar-refractivity contribution in [3.8, 4) is 0 Å². The Bertz CT molecular complexity index is 202. The Morgan fingerprint density at radius 3 is 2.27 bits per heavy atom. The topological polar surface area (TPSA) is 29.1 Å². The van der Waals surface area contributed by atoms with Gasteiger partial charge in [0, 0.05) is 17.3 Å². The number of amides is 1. The third kappa shape index (κ3) is 5.41. The molecule has 1 amide bonds. The monoisotopic (exact) mass is 233 g/mol. The Morgan fingerprint density at radius 2 is 1.93 bits per heavy atom. The van der Waals surface area contributed by atoms with E-state index in [9.17, 15) is 4.79 Å². The highest BCUT2D eigenvalue weighted by Crippen LogP contribution is 2.20. The highest BCUT2D eigenvalue weighted by atomic mass is 35.5. The van der Waals surface area contributed by atoms with Gasteiger partial charge in [-0.3, -0.25) is 4.79 Å². The quantitative estimate of drug-likeness (QED) is 0.702. The van der Waals surface area contributed by atoms with Crippen LogP contribution in [-0.2, 0) is 4.79 Å². The van der Waals surface area contributed by atoms with Crippen molar-refractivity contribution in [1.82, 2.24) is 5.32 Å². The molecular formula is C12H24ClNO. The first-order valence-electron chi connectivity index (χ1n) is 5.70. The van der Waals surface area contributed by atoms with Gasteiger partial charge in [0.2, 0.25) is 5.91 Å². The maximum Gasteiger partial charge on any atom is 0.225 e. The molecule has 0 aliphatic carbocycles. The standard InChI is InChI=1S/C12H24ClNO/c1-6-12(4,5)11(15)14-10(8-13)7-9(2)3/h9-10H,6-8H2,1-5H3,(H,14,15). The van der Waals surface area contributed by atoms with Crippen LogP contribution in [0.5, 0.6) is 0 Å². The lowest BCUT2D eigenvalue weighted by atomic mass is 9.88. The molecule has 0 saturated carbocycles. The average molecular weight is 234 g/mol. The van der Waals surface area contributed by atoms with E-state index in [2.05, 4.69) is 19.2 Å². The third-order valence-corrected chi connectivity index (χ3v) is 3.15. The van der Waals surface area contributed by atoms with Gasteiger partial charge in [-0.2, -0.15) is 0 Å². The van der Waals surface area contributed by atoms with Gasteiger partial charge < -0.3 is 5.32 Å². The zero-order valence-electron chi connectivity index (χ0n) is 10.6. The van der Waals surface area contributed by atoms with Crippen molar-refractivity contribution >= 4 is 17.5 Å². The van der Waals surface area contributed by atoms with E-state index >= 15 is 0 Å². The highest BCUT2D eigenvalue weighted by Gasteiger charge is 2.27. The minimum atomic E-state index is -0.290. The van der Waals surface area contributed by atoms with Crippen LogP contribution in [0.2, 0.25) is 0 Å². The zero-order valence-corrected chi connectivity index (χ0v) is 11.3. The minimum Gasteiger partial charge on any atom is -0.352 e. The molecule has 0 bridgehead atoms. The molecule has 0 radical (unpaired) electrons. The van der Waals surface area contributed by atoms with Gasteiger partial charge >= 0.3 is 0 Å². The number of halogens is 1. The van der Waals surface area contributed by atoms with E-state index in [4.69, 9.17) is 11.6 Å². The van der Waals surface area contributed by atoms with Crippen LogP contribution in [0.25, 0.3) is 0 Å². The molecule has 0 aliphatic heterocycles. The number of hydrogen-bond donors (Lipinski definition) is 1. The third-order valence-electron chi connectivity index (χ3n) is 2.78. The highest BCUT2D eigenvalue weighted by molar-refractivity contribution is 6.18. The van der Waals surface area contributed by atoms with Gasteiger partial charge in [0.25, 0.3) is 0 Å². The first-order chi connectivity index (χ1) is 6.83. The fourth-order valence-electron chi connectivity index (χ4n) is 1.27. The summed E-state index contributed by atoms with van der Waals surface area (Å²) in [6, 6.07) is 0.102. The molecular weight excluding hydrogens is 210 g/mol. The molecule has 3 heteroatoms. The Balaban J connectivity index is 4.24. The second-order valence-electron chi connectivity index (χ2n) is 5.19. The van der Waals surface area contributed by atoms with Crippen LogP contribution in [0.15, 0.2) is 0 Å². The van der Waals surface area contributed by atoms with Gasteiger partial charge in [-0.1, -0.05) is 34.6 Å². The Morgan fingerprint density at radius 1 is 1.40 bits per heavy atom. The summed E-state index contributed by atoms with van der Waals surface area (Å²) < 4.78 is 0. The summed E-state index contributed by atoms with van der Waals surface area (Å²) >= 11 is 5.83. The number of hydrogen-bond acceptors (Lipinski definition) is 1. The van der Waals surface area contributed by atoms with Gasteiger partial charge in [-0.15, -0.1) is 11.6 Å². The Labute approximate surface area is 98.8 Å². The van der Waals surface area contributed by atoms with Crippen molar-refractivity contribution in [2.24, 2.45) is 11.3 Å². The largest absolute Gasteiger partial charge is 0.352 e. The lowest BCUT2D eigenvalue weighted by Gasteiger charge is -2.26. The summed E-state index contributed by atoms with van der Waals surface area (Å²) in [4.78, 5) is 11.9. The molecule has 15 heavy (non-hydrogen) atoms. The first-order valence-corrected chi connectivity index (χ1v) is 6.23. The smallest absolute Gasteiger partial charge is 0.225 e. The molecule has 0 aliphatic rings. The van der Waals surface area contributed by atoms with Crippen LogP contribution in [0.4, 0.5) is 0 Å². The van der Waals surface area contributed by atoms with Gasteiger partial charge in [0.1, 0.15) is 0 Å². The summed E-state index contributed by atoms with van der Waals surface area (Å²) in [7, 11) is 0. The van der Waals surface area contributed by atoms with Gasteiger partial charge in [0.15, 0.2) is 0 Å². The molecule has 0 saturated heterocycles. The lowest BCUT2D eigenvalue weighted by molar-refractivity contribution is -0.130. The summed E-state index contributed by atoms with van der Waals surface area (Å²) in [5.41, 5.74) is -0.290. The lowest BCUT2D eigenvalue weighted by Crippen LogP contribution is -2.44. The molecule has 0 aromatic rings. The summed E-state index contributed by atoms with van der Waals surface area (Å²) in [6.07, 6.45) is 1.78. The second-order valence-corrected chi connectivity index (χ2v) is 5.50. The van der Waals surface area contributed by atoms with E-state index in [0.29, 0.717) is 11.8 Å². The second kappa shape index (κ2) is 6.37. The molecule has 1 atom stereocenters. The number of nitrogens with one attached hydrogen (secondary N) is 1. The molecule has 1 N–H and O–H groups in total. The minimum absolute atomic E-state index is 0.102. The molecule has 0 rings (SSSR count). The summed E-state index contributed by atoms with van der Waals surface area (Å²) in [5.74, 6) is 1.15. The molecule has 90 valence electrons. The van der Waals surface area contributed by atoms with Gasteiger partial charge in [-0.25, -0.2) is 0 Å². The van der Waals surface area contributed by atoms with E-state index in [1.807, 2.05) is 20.8 Å². The number of alkyl halides is 1. The van der Waals surface area contributed by atoms with Crippen LogP contribution in [0.3, 0.4) is 0 Å². The van der Waals surface area contributed by atoms with E-state index in [1.165, 1.54) is 0 Å². The fourth-order valence-corrected chi connectivity index (χ4v) is 1.47.